The number of nitrogens with zero attached hydrogens (tertiary/aromatic N) is 4. The summed E-state index contributed by atoms with van der Waals surface area (Å²) in [4.78, 5) is 12.5. The molecular formula is C23H19F4N7O3S. The van der Waals surface area contributed by atoms with E-state index in [0.717, 1.165) is 10.4 Å². The van der Waals surface area contributed by atoms with Crippen LogP contribution in [0.25, 0.3) is 22.5 Å². The minimum Gasteiger partial charge on any atom is -0.308 e. The summed E-state index contributed by atoms with van der Waals surface area (Å²) in [5.74, 6) is -1.00. The first-order valence-corrected chi connectivity index (χ1v) is 12.2. The van der Waals surface area contributed by atoms with Gasteiger partial charge in [0.1, 0.15) is 5.82 Å². The lowest BCUT2D eigenvalue weighted by atomic mass is 9.98. The average Bonchev–Trinajstić information content (AvgIpc) is 3.38. The number of alkyl halides is 3. The van der Waals surface area contributed by atoms with Gasteiger partial charge < -0.3 is 10.6 Å². The monoisotopic (exact) mass is 549 g/mol. The Morgan fingerprint density at radius 2 is 1.61 bits per heavy atom. The lowest BCUT2D eigenvalue weighted by Gasteiger charge is -2.14. The van der Waals surface area contributed by atoms with Gasteiger partial charge in [-0.25, -0.2) is 21.9 Å². The number of carbonyl (C=O) groups is 1. The number of sulfonamides is 1. The van der Waals surface area contributed by atoms with Crippen LogP contribution in [0.15, 0.2) is 65.6 Å². The van der Waals surface area contributed by atoms with Crippen molar-refractivity contribution in [2.45, 2.75) is 11.1 Å². The number of nitrogens with one attached hydrogen (secondary N) is 3. The zero-order valence-corrected chi connectivity index (χ0v) is 20.5. The lowest BCUT2D eigenvalue weighted by molar-refractivity contribution is -0.137. The van der Waals surface area contributed by atoms with Gasteiger partial charge in [-0.2, -0.15) is 18.4 Å². The van der Waals surface area contributed by atoms with Crippen LogP contribution < -0.4 is 10.6 Å². The molecule has 0 aliphatic carbocycles. The Morgan fingerprint density at radius 3 is 2.21 bits per heavy atom. The van der Waals surface area contributed by atoms with Crippen LogP contribution in [0.1, 0.15) is 5.56 Å². The van der Waals surface area contributed by atoms with Gasteiger partial charge in [0, 0.05) is 31.0 Å². The summed E-state index contributed by atoms with van der Waals surface area (Å²) >= 11 is 0. The third kappa shape index (κ3) is 5.78. The number of rotatable bonds is 6. The number of aromatic nitrogens is 4. The second-order valence-corrected chi connectivity index (χ2v) is 10.3. The molecule has 198 valence electrons. The number of hydrogen-bond acceptors (Lipinski definition) is 6. The van der Waals surface area contributed by atoms with Crippen molar-refractivity contribution in [3.05, 3.63) is 72.0 Å². The van der Waals surface area contributed by atoms with Crippen LogP contribution in [0.5, 0.6) is 0 Å². The molecule has 38 heavy (non-hydrogen) atoms. The Bertz CT molecular complexity index is 1570. The number of H-pyrrole nitrogens is 1. The van der Waals surface area contributed by atoms with Crippen molar-refractivity contribution in [1.29, 1.82) is 0 Å². The molecular weight excluding hydrogens is 530 g/mol. The van der Waals surface area contributed by atoms with E-state index in [9.17, 15) is 30.8 Å². The van der Waals surface area contributed by atoms with E-state index in [1.165, 1.54) is 38.4 Å². The number of amides is 2. The van der Waals surface area contributed by atoms with Gasteiger partial charge >= 0.3 is 12.2 Å². The number of urea groups is 1. The third-order valence-electron chi connectivity index (χ3n) is 5.29. The molecule has 4 aromatic rings. The zero-order valence-electron chi connectivity index (χ0n) is 19.7. The highest BCUT2D eigenvalue weighted by Crippen LogP contribution is 2.34. The largest absolute Gasteiger partial charge is 0.416 e. The number of carbonyl (C=O) groups excluding carboxylic acids is 1. The van der Waals surface area contributed by atoms with Gasteiger partial charge in [0.25, 0.3) is 0 Å². The lowest BCUT2D eigenvalue weighted by Crippen LogP contribution is -2.22. The van der Waals surface area contributed by atoms with Crippen LogP contribution >= 0.6 is 0 Å². The second kappa shape index (κ2) is 10.2. The first kappa shape index (κ1) is 26.7. The van der Waals surface area contributed by atoms with E-state index in [1.54, 1.807) is 18.2 Å². The molecule has 3 N–H and O–H groups in total. The highest BCUT2D eigenvalue weighted by atomic mass is 32.2. The van der Waals surface area contributed by atoms with Crippen LogP contribution in [0.4, 0.5) is 33.7 Å². The Balaban J connectivity index is 1.62. The molecule has 0 spiro atoms. The predicted molar refractivity (Wildman–Crippen MR) is 130 cm³/mol. The molecule has 1 heterocycles. The van der Waals surface area contributed by atoms with Gasteiger partial charge in [-0.05, 0) is 58.8 Å². The quantitative estimate of drug-likeness (QED) is 0.302. The molecule has 0 radical (unpaired) electrons. The molecule has 10 nitrogen and oxygen atoms in total. The first-order chi connectivity index (χ1) is 17.8. The fourth-order valence-corrected chi connectivity index (χ4v) is 4.37. The number of halogens is 4. The van der Waals surface area contributed by atoms with Crippen LogP contribution in [0, 0.1) is 5.82 Å². The summed E-state index contributed by atoms with van der Waals surface area (Å²) in [6.45, 7) is 0. The third-order valence-corrected chi connectivity index (χ3v) is 7.12. The van der Waals surface area contributed by atoms with E-state index in [2.05, 4.69) is 31.3 Å². The molecule has 15 heteroatoms. The molecule has 1 aromatic heterocycles. The Hall–Kier alpha value is -4.37. The van der Waals surface area contributed by atoms with Crippen molar-refractivity contribution < 1.29 is 30.8 Å². The van der Waals surface area contributed by atoms with Crippen LogP contribution in [0.2, 0.25) is 0 Å². The molecule has 0 atom stereocenters. The fourth-order valence-electron chi connectivity index (χ4n) is 3.47. The van der Waals surface area contributed by atoms with Crippen molar-refractivity contribution in [3.8, 4) is 22.5 Å². The fraction of sp³-hybridized carbons (Fsp3) is 0.130. The van der Waals surface area contributed by atoms with E-state index >= 15 is 0 Å². The summed E-state index contributed by atoms with van der Waals surface area (Å²) in [6.07, 6.45) is -4.79. The molecule has 0 unspecified atom stereocenters. The number of benzene rings is 3. The summed E-state index contributed by atoms with van der Waals surface area (Å²) < 4.78 is 78.4. The Labute approximate surface area is 213 Å². The standard InChI is InChI=1S/C23H19F4N7O3S/c1-34(2)38(36,37)18-6-3-13(4-7-18)19-8-5-16(12-20(19)21-30-32-33-31-21)28-22(35)29-17-10-14(23(25,26)27)9-15(24)11-17/h3-12H,1-2H3,(H2,28,29,35)(H,30,31,32,33). The van der Waals surface area contributed by atoms with Gasteiger partial charge in [0.15, 0.2) is 0 Å². The number of tetrazole rings is 1. The number of anilines is 2. The molecule has 0 aliphatic heterocycles. The van der Waals surface area contributed by atoms with E-state index in [-0.39, 0.29) is 16.4 Å². The van der Waals surface area contributed by atoms with Gasteiger partial charge in [-0.15, -0.1) is 10.2 Å². The van der Waals surface area contributed by atoms with Gasteiger partial charge in [0.05, 0.1) is 10.5 Å². The summed E-state index contributed by atoms with van der Waals surface area (Å²) in [7, 11) is -0.796. The van der Waals surface area contributed by atoms with Gasteiger partial charge in [-0.1, -0.05) is 18.2 Å². The second-order valence-electron chi connectivity index (χ2n) is 8.11. The topological polar surface area (TPSA) is 133 Å². The highest BCUT2D eigenvalue weighted by molar-refractivity contribution is 7.89. The molecule has 0 saturated carbocycles. The summed E-state index contributed by atoms with van der Waals surface area (Å²) in [5.41, 5.74) is 0.165. The summed E-state index contributed by atoms with van der Waals surface area (Å²) in [5, 5.41) is 18.4. The van der Waals surface area contributed by atoms with Crippen molar-refractivity contribution in [1.82, 2.24) is 24.9 Å². The summed E-state index contributed by atoms with van der Waals surface area (Å²) in [6, 6.07) is 11.5. The SMILES string of the molecule is CN(C)S(=O)(=O)c1ccc(-c2ccc(NC(=O)Nc3cc(F)cc(C(F)(F)F)c3)cc2-c2nn[nH]n2)cc1. The van der Waals surface area contributed by atoms with Crippen molar-refractivity contribution in [2.24, 2.45) is 0 Å². The molecule has 0 fully saturated rings. The molecule has 0 saturated heterocycles. The minimum atomic E-state index is -4.79. The molecule has 3 aromatic carbocycles. The van der Waals surface area contributed by atoms with Crippen molar-refractivity contribution in [3.63, 3.8) is 0 Å². The average molecular weight is 550 g/mol. The van der Waals surface area contributed by atoms with Crippen LogP contribution in [-0.2, 0) is 16.2 Å². The highest BCUT2D eigenvalue weighted by Gasteiger charge is 2.31. The maximum Gasteiger partial charge on any atom is 0.416 e. The molecule has 2 amide bonds. The van der Waals surface area contributed by atoms with Crippen molar-refractivity contribution >= 4 is 27.4 Å². The van der Waals surface area contributed by atoms with Crippen LogP contribution in [-0.4, -0.2) is 53.5 Å². The van der Waals surface area contributed by atoms with E-state index in [0.29, 0.717) is 28.8 Å². The Morgan fingerprint density at radius 1 is 0.921 bits per heavy atom. The van der Waals surface area contributed by atoms with Gasteiger partial charge in [-0.3, -0.25) is 0 Å². The molecule has 0 bridgehead atoms. The smallest absolute Gasteiger partial charge is 0.308 e. The maximum absolute atomic E-state index is 13.7. The Kier molecular flexibility index (Phi) is 7.15. The number of aromatic amines is 1. The predicted octanol–water partition coefficient (Wildman–Crippen LogP) is 4.59. The molecule has 4 rings (SSSR count). The molecule has 0 aliphatic rings. The normalized spacial score (nSPS) is 12.0. The van der Waals surface area contributed by atoms with Crippen LogP contribution in [0.3, 0.4) is 0 Å². The van der Waals surface area contributed by atoms with Gasteiger partial charge in [0.2, 0.25) is 15.8 Å². The van der Waals surface area contributed by atoms with Crippen molar-refractivity contribution in [2.75, 3.05) is 24.7 Å². The van der Waals surface area contributed by atoms with E-state index in [1.807, 2.05) is 0 Å². The minimum absolute atomic E-state index is 0.0911. The van der Waals surface area contributed by atoms with E-state index < -0.39 is 39.3 Å². The zero-order chi connectivity index (χ0) is 27.7. The first-order valence-electron chi connectivity index (χ1n) is 10.7. The van der Waals surface area contributed by atoms with E-state index in [4.69, 9.17) is 0 Å². The number of hydrogen-bond donors (Lipinski definition) is 3. The maximum atomic E-state index is 13.7.